The summed E-state index contributed by atoms with van der Waals surface area (Å²) in [5.74, 6) is -0.998. The van der Waals surface area contributed by atoms with Crippen molar-refractivity contribution in [1.29, 1.82) is 0 Å². The molecule has 3 atom stereocenters. The zero-order valence-electron chi connectivity index (χ0n) is 23.6. The van der Waals surface area contributed by atoms with Crippen LogP contribution < -0.4 is 10.1 Å². The second-order valence-corrected chi connectivity index (χ2v) is 10.8. The van der Waals surface area contributed by atoms with Gasteiger partial charge >= 0.3 is 12.4 Å². The van der Waals surface area contributed by atoms with Crippen LogP contribution in [-0.4, -0.2) is 71.8 Å². The van der Waals surface area contributed by atoms with Gasteiger partial charge in [-0.2, -0.15) is 26.3 Å². The fraction of sp³-hybridized carbons (Fsp3) is 0.517. The zero-order valence-corrected chi connectivity index (χ0v) is 23.6. The van der Waals surface area contributed by atoms with E-state index in [0.29, 0.717) is 30.0 Å². The molecule has 3 rings (SSSR count). The van der Waals surface area contributed by atoms with Crippen LogP contribution in [0.5, 0.6) is 5.75 Å². The van der Waals surface area contributed by atoms with E-state index in [1.807, 2.05) is 11.8 Å². The van der Waals surface area contributed by atoms with Gasteiger partial charge in [-0.05, 0) is 49.9 Å². The van der Waals surface area contributed by atoms with Gasteiger partial charge in [0, 0.05) is 43.2 Å². The minimum atomic E-state index is -4.47. The molecule has 2 aromatic carbocycles. The Morgan fingerprint density at radius 3 is 2.40 bits per heavy atom. The number of fused-ring (bicyclic) bond motifs is 1. The number of hydrogen-bond donors (Lipinski definition) is 2. The van der Waals surface area contributed by atoms with Gasteiger partial charge in [0.15, 0.2) is 0 Å². The van der Waals surface area contributed by atoms with Gasteiger partial charge in [0.1, 0.15) is 11.9 Å². The number of halogens is 6. The van der Waals surface area contributed by atoms with Gasteiger partial charge < -0.3 is 20.1 Å². The van der Waals surface area contributed by atoms with Gasteiger partial charge in [0.2, 0.25) is 11.8 Å². The summed E-state index contributed by atoms with van der Waals surface area (Å²) in [4.78, 5) is 28.8. The third-order valence-corrected chi connectivity index (χ3v) is 7.06. The van der Waals surface area contributed by atoms with E-state index in [1.54, 1.807) is 24.9 Å². The van der Waals surface area contributed by atoms with Gasteiger partial charge in [-0.3, -0.25) is 14.5 Å². The number of nitrogens with zero attached hydrogens (tertiary/aromatic N) is 2. The van der Waals surface area contributed by atoms with E-state index in [2.05, 4.69) is 5.32 Å². The van der Waals surface area contributed by atoms with Gasteiger partial charge in [-0.15, -0.1) is 0 Å². The van der Waals surface area contributed by atoms with E-state index >= 15 is 0 Å². The molecule has 1 aliphatic rings. The Balaban J connectivity index is 1.83. The average Bonchev–Trinajstić information content (AvgIpc) is 2.94. The highest BCUT2D eigenvalue weighted by Crippen LogP contribution is 2.31. The summed E-state index contributed by atoms with van der Waals surface area (Å²) in [6.07, 6.45) is -11.5. The molecule has 232 valence electrons. The molecule has 0 bridgehead atoms. The third kappa shape index (κ3) is 9.62. The highest BCUT2D eigenvalue weighted by Gasteiger charge is 2.32. The van der Waals surface area contributed by atoms with Crippen LogP contribution >= 0.6 is 0 Å². The van der Waals surface area contributed by atoms with Crippen LogP contribution in [0.3, 0.4) is 0 Å². The summed E-state index contributed by atoms with van der Waals surface area (Å²) in [6.45, 7) is 4.24. The summed E-state index contributed by atoms with van der Waals surface area (Å²) < 4.78 is 82.7. The molecule has 7 nitrogen and oxygen atoms in total. The highest BCUT2D eigenvalue weighted by molar-refractivity contribution is 5.91. The molecule has 1 heterocycles. The van der Waals surface area contributed by atoms with Crippen molar-refractivity contribution in [2.24, 2.45) is 5.92 Å². The number of carbonyl (C=O) groups is 2. The first kappa shape index (κ1) is 33.2. The molecule has 0 saturated heterocycles. The Morgan fingerprint density at radius 2 is 1.81 bits per heavy atom. The summed E-state index contributed by atoms with van der Waals surface area (Å²) >= 11 is 0. The standard InChI is InChI=1S/C29H35F6N3O4/c1-18-14-38(19(2)17-39)27(41)13-21-12-23(36-26(40)10-11-28(30,31)32)8-9-24(21)42-25(18)16-37(3)15-20-4-6-22(7-5-20)29(33,34)35/h4-9,12,18-19,25,39H,10-11,13-17H2,1-3H3,(H,36,40)/t18-,19+,25-/m1/s1. The zero-order chi connectivity index (χ0) is 31.2. The van der Waals surface area contributed by atoms with Crippen molar-refractivity contribution < 1.29 is 45.8 Å². The fourth-order valence-corrected chi connectivity index (χ4v) is 4.69. The first-order valence-corrected chi connectivity index (χ1v) is 13.5. The predicted molar refractivity (Wildman–Crippen MR) is 144 cm³/mol. The topological polar surface area (TPSA) is 82.1 Å². The number of nitrogens with one attached hydrogen (secondary N) is 1. The van der Waals surface area contributed by atoms with Gasteiger partial charge in [-0.1, -0.05) is 19.1 Å². The summed E-state index contributed by atoms with van der Waals surface area (Å²) in [5.41, 5.74) is 0.547. The molecule has 0 unspecified atom stereocenters. The average molecular weight is 604 g/mol. The summed E-state index contributed by atoms with van der Waals surface area (Å²) in [7, 11) is 1.79. The number of rotatable bonds is 9. The maximum atomic E-state index is 13.3. The van der Waals surface area contributed by atoms with Crippen molar-refractivity contribution in [3.8, 4) is 5.75 Å². The van der Waals surface area contributed by atoms with Crippen LogP contribution in [0.1, 0.15) is 43.4 Å². The molecule has 13 heteroatoms. The van der Waals surface area contributed by atoms with Gasteiger partial charge in [0.25, 0.3) is 0 Å². The number of carbonyl (C=O) groups excluding carboxylic acids is 2. The minimum Gasteiger partial charge on any atom is -0.488 e. The van der Waals surface area contributed by atoms with Crippen LogP contribution in [-0.2, 0) is 28.7 Å². The molecular weight excluding hydrogens is 568 g/mol. The first-order valence-electron chi connectivity index (χ1n) is 13.5. The number of amides is 2. The number of hydrogen-bond acceptors (Lipinski definition) is 5. The lowest BCUT2D eigenvalue weighted by Gasteiger charge is -2.34. The van der Waals surface area contributed by atoms with Crippen LogP contribution in [0, 0.1) is 5.92 Å². The minimum absolute atomic E-state index is 0.132. The maximum absolute atomic E-state index is 13.3. The molecular formula is C29H35F6N3O4. The molecule has 0 fully saturated rings. The molecule has 0 aromatic heterocycles. The molecule has 2 amide bonds. The van der Waals surface area contributed by atoms with Crippen molar-refractivity contribution >= 4 is 17.5 Å². The Hall–Kier alpha value is -3.32. The molecule has 2 aromatic rings. The van der Waals surface area contributed by atoms with Gasteiger partial charge in [-0.25, -0.2) is 0 Å². The van der Waals surface area contributed by atoms with Crippen LogP contribution in [0.15, 0.2) is 42.5 Å². The molecule has 0 aliphatic carbocycles. The molecule has 0 radical (unpaired) electrons. The smallest absolute Gasteiger partial charge is 0.416 e. The third-order valence-electron chi connectivity index (χ3n) is 7.06. The lowest BCUT2D eigenvalue weighted by molar-refractivity contribution is -0.142. The predicted octanol–water partition coefficient (Wildman–Crippen LogP) is 5.27. The van der Waals surface area contributed by atoms with E-state index in [9.17, 15) is 41.0 Å². The molecule has 0 spiro atoms. The lowest BCUT2D eigenvalue weighted by atomic mass is 10.0. The Labute approximate surface area is 240 Å². The molecule has 0 saturated carbocycles. The number of likely N-dealkylation sites (N-methyl/N-ethyl adjacent to an activating group) is 1. The van der Waals surface area contributed by atoms with E-state index in [-0.39, 0.29) is 37.1 Å². The van der Waals surface area contributed by atoms with Crippen molar-refractivity contribution in [3.05, 3.63) is 59.2 Å². The number of ether oxygens (including phenoxy) is 1. The highest BCUT2D eigenvalue weighted by atomic mass is 19.4. The van der Waals surface area contributed by atoms with Crippen molar-refractivity contribution in [3.63, 3.8) is 0 Å². The normalized spacial score (nSPS) is 18.9. The van der Waals surface area contributed by atoms with Crippen molar-refractivity contribution in [2.45, 2.75) is 64.2 Å². The number of alkyl halides is 6. The quantitative estimate of drug-likeness (QED) is 0.382. The van der Waals surface area contributed by atoms with E-state index < -0.39 is 48.8 Å². The van der Waals surface area contributed by atoms with Crippen molar-refractivity contribution in [2.75, 3.05) is 32.1 Å². The van der Waals surface area contributed by atoms with E-state index in [0.717, 1.165) is 12.1 Å². The number of aliphatic hydroxyl groups is 1. The number of benzene rings is 2. The van der Waals surface area contributed by atoms with Crippen LogP contribution in [0.2, 0.25) is 0 Å². The Kier molecular flexibility index (Phi) is 10.9. The second-order valence-electron chi connectivity index (χ2n) is 10.8. The Bertz CT molecular complexity index is 1220. The first-order chi connectivity index (χ1) is 19.6. The maximum Gasteiger partial charge on any atom is 0.416 e. The lowest BCUT2D eigenvalue weighted by Crippen LogP contribution is -2.47. The van der Waals surface area contributed by atoms with Crippen molar-refractivity contribution in [1.82, 2.24) is 9.80 Å². The second kappa shape index (κ2) is 13.8. The summed E-state index contributed by atoms with van der Waals surface area (Å²) in [6, 6.07) is 8.88. The monoisotopic (exact) mass is 603 g/mol. The molecule has 2 N–H and O–H groups in total. The Morgan fingerprint density at radius 1 is 1.14 bits per heavy atom. The van der Waals surface area contributed by atoms with E-state index in [1.165, 1.54) is 24.3 Å². The number of aliphatic hydroxyl groups excluding tert-OH is 1. The van der Waals surface area contributed by atoms with Crippen LogP contribution in [0.4, 0.5) is 32.0 Å². The molecule has 42 heavy (non-hydrogen) atoms. The van der Waals surface area contributed by atoms with E-state index in [4.69, 9.17) is 4.74 Å². The largest absolute Gasteiger partial charge is 0.488 e. The summed E-state index contributed by atoms with van der Waals surface area (Å²) in [5, 5.41) is 12.2. The van der Waals surface area contributed by atoms with Gasteiger partial charge in [0.05, 0.1) is 31.1 Å². The fourth-order valence-electron chi connectivity index (χ4n) is 4.69. The SMILES string of the molecule is C[C@@H]1CN([C@@H](C)CO)C(=O)Cc2cc(NC(=O)CCC(F)(F)F)ccc2O[C@@H]1CN(C)Cc1ccc(C(F)(F)F)cc1. The molecule has 1 aliphatic heterocycles. The number of anilines is 1. The van der Waals surface area contributed by atoms with Crippen LogP contribution in [0.25, 0.3) is 0 Å².